The molecule has 0 saturated carbocycles. The Morgan fingerprint density at radius 2 is 2.17 bits per heavy atom. The normalized spacial score (nSPS) is 11.8. The van der Waals surface area contributed by atoms with Crippen LogP contribution in [-0.4, -0.2) is 36.2 Å². The van der Waals surface area contributed by atoms with E-state index in [0.717, 1.165) is 18.1 Å². The van der Waals surface area contributed by atoms with Crippen molar-refractivity contribution < 1.29 is 4.52 Å². The van der Waals surface area contributed by atoms with E-state index in [1.54, 1.807) is 7.05 Å². The van der Waals surface area contributed by atoms with E-state index in [-0.39, 0.29) is 0 Å². The van der Waals surface area contributed by atoms with Gasteiger partial charge in [-0.25, -0.2) is 0 Å². The quantitative estimate of drug-likeness (QED) is 0.627. The molecule has 1 aromatic heterocycles. The molecule has 0 radical (unpaired) electrons. The van der Waals surface area contributed by atoms with E-state index in [0.29, 0.717) is 35.6 Å². The lowest BCUT2D eigenvalue weighted by atomic mass is 10.2. The predicted molar refractivity (Wildman–Crippen MR) is 92.7 cm³/mol. The molecule has 0 aliphatic heterocycles. The summed E-state index contributed by atoms with van der Waals surface area (Å²) in [6, 6.07) is 7.38. The number of nitrogens with zero attached hydrogens (tertiary/aromatic N) is 3. The summed E-state index contributed by atoms with van der Waals surface area (Å²) in [6.45, 7) is 5.83. The SMILES string of the molecule is CN=C(NCCc1nc(-c2cccc(Cl)c2)no1)NCC(C)C. The zero-order valence-electron chi connectivity index (χ0n) is 13.6. The fourth-order valence-electron chi connectivity index (χ4n) is 1.91. The highest BCUT2D eigenvalue weighted by Gasteiger charge is 2.09. The van der Waals surface area contributed by atoms with Crippen LogP contribution >= 0.6 is 11.6 Å². The number of aromatic nitrogens is 2. The molecule has 0 spiro atoms. The van der Waals surface area contributed by atoms with Crippen molar-refractivity contribution >= 4 is 17.6 Å². The molecule has 0 fully saturated rings. The van der Waals surface area contributed by atoms with Gasteiger partial charge in [-0.1, -0.05) is 42.7 Å². The van der Waals surface area contributed by atoms with Gasteiger partial charge in [0.15, 0.2) is 5.96 Å². The monoisotopic (exact) mass is 335 g/mol. The molecule has 0 atom stereocenters. The topological polar surface area (TPSA) is 75.3 Å². The minimum atomic E-state index is 0.546. The molecule has 7 heteroatoms. The Balaban J connectivity index is 1.85. The number of hydrogen-bond donors (Lipinski definition) is 2. The molecular formula is C16H22ClN5O. The van der Waals surface area contributed by atoms with E-state index in [1.165, 1.54) is 0 Å². The number of hydrogen-bond acceptors (Lipinski definition) is 4. The van der Waals surface area contributed by atoms with Crippen LogP contribution in [-0.2, 0) is 6.42 Å². The second kappa shape index (κ2) is 8.53. The molecule has 0 aliphatic carbocycles. The highest BCUT2D eigenvalue weighted by Crippen LogP contribution is 2.19. The van der Waals surface area contributed by atoms with E-state index in [1.807, 2.05) is 24.3 Å². The summed E-state index contributed by atoms with van der Waals surface area (Å²) in [5.41, 5.74) is 0.842. The van der Waals surface area contributed by atoms with Gasteiger partial charge in [-0.15, -0.1) is 0 Å². The molecule has 6 nitrogen and oxygen atoms in total. The summed E-state index contributed by atoms with van der Waals surface area (Å²) < 4.78 is 5.27. The highest BCUT2D eigenvalue weighted by molar-refractivity contribution is 6.30. The van der Waals surface area contributed by atoms with Crippen molar-refractivity contribution in [3.05, 3.63) is 35.2 Å². The number of benzene rings is 1. The summed E-state index contributed by atoms with van der Waals surface area (Å²) >= 11 is 5.97. The van der Waals surface area contributed by atoms with Gasteiger partial charge in [0.25, 0.3) is 0 Å². The van der Waals surface area contributed by atoms with Gasteiger partial charge in [0.05, 0.1) is 0 Å². The first-order chi connectivity index (χ1) is 11.1. The lowest BCUT2D eigenvalue weighted by Crippen LogP contribution is -2.39. The first-order valence-corrected chi connectivity index (χ1v) is 7.99. The third-order valence-electron chi connectivity index (χ3n) is 3.08. The molecule has 0 aliphatic rings. The summed E-state index contributed by atoms with van der Waals surface area (Å²) in [4.78, 5) is 8.55. The average molecular weight is 336 g/mol. The fourth-order valence-corrected chi connectivity index (χ4v) is 2.10. The van der Waals surface area contributed by atoms with Gasteiger partial charge in [0.1, 0.15) is 0 Å². The Morgan fingerprint density at radius 3 is 2.87 bits per heavy atom. The van der Waals surface area contributed by atoms with Crippen molar-refractivity contribution in [1.29, 1.82) is 0 Å². The van der Waals surface area contributed by atoms with Crippen molar-refractivity contribution in [1.82, 2.24) is 20.8 Å². The predicted octanol–water partition coefficient (Wildman–Crippen LogP) is 2.75. The lowest BCUT2D eigenvalue weighted by Gasteiger charge is -2.12. The van der Waals surface area contributed by atoms with Gasteiger partial charge in [-0.05, 0) is 18.1 Å². The molecule has 0 bridgehead atoms. The number of guanidine groups is 1. The smallest absolute Gasteiger partial charge is 0.228 e. The van der Waals surface area contributed by atoms with E-state index in [2.05, 4.69) is 39.6 Å². The molecule has 1 heterocycles. The number of aliphatic imine (C=N–C) groups is 1. The van der Waals surface area contributed by atoms with Crippen molar-refractivity contribution in [3.8, 4) is 11.4 Å². The Hall–Kier alpha value is -2.08. The van der Waals surface area contributed by atoms with Gasteiger partial charge < -0.3 is 15.2 Å². The van der Waals surface area contributed by atoms with E-state index in [4.69, 9.17) is 16.1 Å². The van der Waals surface area contributed by atoms with Crippen LogP contribution in [0, 0.1) is 5.92 Å². The minimum Gasteiger partial charge on any atom is -0.356 e. The largest absolute Gasteiger partial charge is 0.356 e. The first kappa shape index (κ1) is 17.3. The summed E-state index contributed by atoms with van der Waals surface area (Å²) in [5.74, 6) is 2.45. The van der Waals surface area contributed by atoms with Crippen LogP contribution in [0.3, 0.4) is 0 Å². The van der Waals surface area contributed by atoms with Crippen LogP contribution in [0.5, 0.6) is 0 Å². The number of halogens is 1. The van der Waals surface area contributed by atoms with Crippen LogP contribution in [0.4, 0.5) is 0 Å². The number of nitrogens with one attached hydrogen (secondary N) is 2. The van der Waals surface area contributed by atoms with Gasteiger partial charge in [-0.2, -0.15) is 4.98 Å². The zero-order valence-corrected chi connectivity index (χ0v) is 14.4. The Bertz CT molecular complexity index is 653. The maximum atomic E-state index is 5.97. The van der Waals surface area contributed by atoms with Crippen molar-refractivity contribution in [2.75, 3.05) is 20.1 Å². The van der Waals surface area contributed by atoms with E-state index in [9.17, 15) is 0 Å². The molecule has 0 saturated heterocycles. The molecule has 1 aromatic carbocycles. The molecular weight excluding hydrogens is 314 g/mol. The van der Waals surface area contributed by atoms with Crippen LogP contribution < -0.4 is 10.6 Å². The zero-order chi connectivity index (χ0) is 16.7. The summed E-state index contributed by atoms with van der Waals surface area (Å²) in [7, 11) is 1.75. The molecule has 23 heavy (non-hydrogen) atoms. The van der Waals surface area contributed by atoms with Crippen LogP contribution in [0.2, 0.25) is 5.02 Å². The standard InChI is InChI=1S/C16H22ClN5O/c1-11(2)10-20-16(18-3)19-8-7-14-21-15(22-23-14)12-5-4-6-13(17)9-12/h4-6,9,11H,7-8,10H2,1-3H3,(H2,18,19,20). The second-order valence-corrected chi connectivity index (χ2v) is 5.98. The van der Waals surface area contributed by atoms with Crippen molar-refractivity contribution in [2.45, 2.75) is 20.3 Å². The van der Waals surface area contributed by atoms with Crippen LogP contribution in [0.15, 0.2) is 33.8 Å². The van der Waals surface area contributed by atoms with Gasteiger partial charge in [0, 0.05) is 37.1 Å². The Labute approximate surface area is 141 Å². The summed E-state index contributed by atoms with van der Waals surface area (Å²) in [6.07, 6.45) is 0.621. The second-order valence-electron chi connectivity index (χ2n) is 5.55. The average Bonchev–Trinajstić information content (AvgIpc) is 2.99. The van der Waals surface area contributed by atoms with Crippen LogP contribution in [0.1, 0.15) is 19.7 Å². The Morgan fingerprint density at radius 1 is 1.35 bits per heavy atom. The lowest BCUT2D eigenvalue weighted by molar-refractivity contribution is 0.378. The molecule has 0 amide bonds. The highest BCUT2D eigenvalue weighted by atomic mass is 35.5. The third kappa shape index (κ3) is 5.56. The first-order valence-electron chi connectivity index (χ1n) is 7.61. The molecule has 2 rings (SSSR count). The van der Waals surface area contributed by atoms with Crippen molar-refractivity contribution in [2.24, 2.45) is 10.9 Å². The fraction of sp³-hybridized carbons (Fsp3) is 0.438. The van der Waals surface area contributed by atoms with Gasteiger partial charge >= 0.3 is 0 Å². The number of rotatable bonds is 6. The minimum absolute atomic E-state index is 0.546. The molecule has 124 valence electrons. The van der Waals surface area contributed by atoms with E-state index >= 15 is 0 Å². The van der Waals surface area contributed by atoms with Gasteiger partial charge in [-0.3, -0.25) is 4.99 Å². The van der Waals surface area contributed by atoms with Crippen molar-refractivity contribution in [3.63, 3.8) is 0 Å². The molecule has 2 N–H and O–H groups in total. The summed E-state index contributed by atoms with van der Waals surface area (Å²) in [5, 5.41) is 11.1. The maximum absolute atomic E-state index is 5.97. The van der Waals surface area contributed by atoms with Gasteiger partial charge in [0.2, 0.25) is 11.7 Å². The molecule has 0 unspecified atom stereocenters. The maximum Gasteiger partial charge on any atom is 0.228 e. The molecule has 2 aromatic rings. The van der Waals surface area contributed by atoms with E-state index < -0.39 is 0 Å². The van der Waals surface area contributed by atoms with Crippen LogP contribution in [0.25, 0.3) is 11.4 Å². The Kier molecular flexibility index (Phi) is 6.40. The third-order valence-corrected chi connectivity index (χ3v) is 3.32.